The van der Waals surface area contributed by atoms with Crippen molar-refractivity contribution in [1.29, 1.82) is 0 Å². The molecule has 0 aliphatic heterocycles. The van der Waals surface area contributed by atoms with E-state index in [0.29, 0.717) is 0 Å². The Morgan fingerprint density at radius 1 is 1.41 bits per heavy atom. The predicted octanol–water partition coefficient (Wildman–Crippen LogP) is 3.80. The van der Waals surface area contributed by atoms with Crippen LogP contribution >= 0.6 is 27.3 Å². The minimum atomic E-state index is -0.229. The van der Waals surface area contributed by atoms with Crippen molar-refractivity contribution in [2.24, 2.45) is 0 Å². The van der Waals surface area contributed by atoms with Crippen LogP contribution in [0.15, 0.2) is 30.3 Å². The second-order valence-corrected chi connectivity index (χ2v) is 6.26. The summed E-state index contributed by atoms with van der Waals surface area (Å²) >= 11 is 4.92. The van der Waals surface area contributed by atoms with Crippen LogP contribution in [-0.2, 0) is 0 Å². The van der Waals surface area contributed by atoms with Gasteiger partial charge in [-0.2, -0.15) is 0 Å². The number of rotatable bonds is 3. The van der Waals surface area contributed by atoms with Gasteiger partial charge >= 0.3 is 0 Å². The number of hydrogen-bond donors (Lipinski definition) is 1. The fourth-order valence-corrected chi connectivity index (χ4v) is 2.59. The van der Waals surface area contributed by atoms with Crippen molar-refractivity contribution in [1.82, 2.24) is 5.32 Å². The van der Waals surface area contributed by atoms with Crippen molar-refractivity contribution in [3.8, 4) is 0 Å². The van der Waals surface area contributed by atoms with Gasteiger partial charge in [0.2, 0.25) is 0 Å². The Kier molecular flexibility index (Phi) is 3.54. The molecule has 0 spiro atoms. The van der Waals surface area contributed by atoms with Gasteiger partial charge in [-0.05, 0) is 31.4 Å². The van der Waals surface area contributed by atoms with Gasteiger partial charge in [0.1, 0.15) is 0 Å². The maximum atomic E-state index is 12.1. The topological polar surface area (TPSA) is 29.1 Å². The van der Waals surface area contributed by atoms with Gasteiger partial charge in [-0.15, -0.1) is 11.3 Å². The van der Waals surface area contributed by atoms with Crippen molar-refractivity contribution >= 4 is 43.3 Å². The molecule has 0 aliphatic rings. The summed E-state index contributed by atoms with van der Waals surface area (Å²) in [5, 5.41) is 4.86. The predicted molar refractivity (Wildman–Crippen MR) is 77.2 cm³/mol. The van der Waals surface area contributed by atoms with Crippen LogP contribution in [0.3, 0.4) is 0 Å². The summed E-state index contributed by atoms with van der Waals surface area (Å²) in [6.07, 6.45) is 0. The zero-order valence-electron chi connectivity index (χ0n) is 9.79. The summed E-state index contributed by atoms with van der Waals surface area (Å²) in [5.41, 5.74) is -0.229. The average Bonchev–Trinajstić information content (AvgIpc) is 2.72. The first-order chi connectivity index (χ1) is 8.02. The zero-order valence-corrected chi connectivity index (χ0v) is 12.2. The van der Waals surface area contributed by atoms with Gasteiger partial charge in [-0.3, -0.25) is 4.79 Å². The highest BCUT2D eigenvalue weighted by molar-refractivity contribution is 9.09. The van der Waals surface area contributed by atoms with E-state index in [0.717, 1.165) is 20.3 Å². The van der Waals surface area contributed by atoms with Crippen LogP contribution in [0.4, 0.5) is 0 Å². The van der Waals surface area contributed by atoms with Gasteiger partial charge in [-0.1, -0.05) is 34.1 Å². The molecule has 17 heavy (non-hydrogen) atoms. The van der Waals surface area contributed by atoms with Crippen LogP contribution in [0, 0.1) is 0 Å². The van der Waals surface area contributed by atoms with E-state index in [2.05, 4.69) is 21.2 Å². The number of hydrogen-bond acceptors (Lipinski definition) is 2. The lowest BCUT2D eigenvalue weighted by molar-refractivity contribution is 0.0925. The number of fused-ring (bicyclic) bond motifs is 1. The SMILES string of the molecule is CC(C)(CBr)NC(=O)c1cc2ccccc2s1. The Balaban J connectivity index is 2.25. The first kappa shape index (κ1) is 12.6. The normalized spacial score (nSPS) is 11.7. The smallest absolute Gasteiger partial charge is 0.261 e. The number of amides is 1. The molecular formula is C13H14BrNOS. The van der Waals surface area contributed by atoms with E-state index >= 15 is 0 Å². The average molecular weight is 312 g/mol. The second kappa shape index (κ2) is 4.78. The van der Waals surface area contributed by atoms with Crippen molar-refractivity contribution in [2.45, 2.75) is 19.4 Å². The summed E-state index contributed by atoms with van der Waals surface area (Å²) < 4.78 is 1.15. The Bertz CT molecular complexity index is 514. The Hall–Kier alpha value is -0.870. The number of halogens is 1. The third kappa shape index (κ3) is 2.87. The quantitative estimate of drug-likeness (QED) is 0.858. The van der Waals surface area contributed by atoms with E-state index in [1.54, 1.807) is 0 Å². The Labute approximate surface area is 113 Å². The second-order valence-electron chi connectivity index (χ2n) is 4.62. The highest BCUT2D eigenvalue weighted by atomic mass is 79.9. The molecule has 1 heterocycles. The molecule has 1 N–H and O–H groups in total. The summed E-state index contributed by atoms with van der Waals surface area (Å²) in [7, 11) is 0. The highest BCUT2D eigenvalue weighted by Crippen LogP contribution is 2.25. The van der Waals surface area contributed by atoms with E-state index in [1.807, 2.05) is 44.2 Å². The third-order valence-corrected chi connectivity index (χ3v) is 4.95. The van der Waals surface area contributed by atoms with Crippen LogP contribution in [0.25, 0.3) is 10.1 Å². The maximum Gasteiger partial charge on any atom is 0.261 e. The largest absolute Gasteiger partial charge is 0.346 e. The molecule has 2 rings (SSSR count). The van der Waals surface area contributed by atoms with Gasteiger partial charge in [0, 0.05) is 15.6 Å². The number of thiophene rings is 1. The van der Waals surface area contributed by atoms with Crippen molar-refractivity contribution < 1.29 is 4.79 Å². The molecule has 0 atom stereocenters. The summed E-state index contributed by atoms with van der Waals surface area (Å²) in [6, 6.07) is 9.98. The van der Waals surface area contributed by atoms with Gasteiger partial charge in [0.25, 0.3) is 5.91 Å². The Morgan fingerprint density at radius 2 is 2.12 bits per heavy atom. The molecular weight excluding hydrogens is 298 g/mol. The molecule has 4 heteroatoms. The molecule has 0 fully saturated rings. The van der Waals surface area contributed by atoms with E-state index in [9.17, 15) is 4.79 Å². The monoisotopic (exact) mass is 311 g/mol. The molecule has 1 aromatic heterocycles. The van der Waals surface area contributed by atoms with E-state index < -0.39 is 0 Å². The first-order valence-electron chi connectivity index (χ1n) is 5.39. The summed E-state index contributed by atoms with van der Waals surface area (Å²) in [6.45, 7) is 3.99. The van der Waals surface area contributed by atoms with Crippen molar-refractivity contribution in [3.05, 3.63) is 35.2 Å². The van der Waals surface area contributed by atoms with Crippen LogP contribution in [-0.4, -0.2) is 16.8 Å². The van der Waals surface area contributed by atoms with Crippen LogP contribution in [0.1, 0.15) is 23.5 Å². The maximum absolute atomic E-state index is 12.1. The number of nitrogens with one attached hydrogen (secondary N) is 1. The molecule has 1 amide bonds. The molecule has 2 aromatic rings. The standard InChI is InChI=1S/C13H14BrNOS/c1-13(2,8-14)15-12(16)11-7-9-5-3-4-6-10(9)17-11/h3-7H,8H2,1-2H3,(H,15,16). The molecule has 0 radical (unpaired) electrons. The van der Waals surface area contributed by atoms with Crippen LogP contribution < -0.4 is 5.32 Å². The lowest BCUT2D eigenvalue weighted by Gasteiger charge is -2.22. The minimum Gasteiger partial charge on any atom is -0.346 e. The summed E-state index contributed by atoms with van der Waals surface area (Å²) in [5.74, 6) is -0.00403. The fourth-order valence-electron chi connectivity index (χ4n) is 1.50. The molecule has 0 aliphatic carbocycles. The van der Waals surface area contributed by atoms with E-state index in [4.69, 9.17) is 0 Å². The third-order valence-electron chi connectivity index (χ3n) is 2.44. The molecule has 0 saturated carbocycles. The number of benzene rings is 1. The molecule has 0 bridgehead atoms. The molecule has 1 aromatic carbocycles. The molecule has 0 unspecified atom stereocenters. The lowest BCUT2D eigenvalue weighted by atomic mass is 10.1. The fraction of sp³-hybridized carbons (Fsp3) is 0.308. The minimum absolute atomic E-state index is 0.00403. The van der Waals surface area contributed by atoms with Gasteiger partial charge in [0.15, 0.2) is 0 Å². The number of carbonyl (C=O) groups excluding carboxylic acids is 1. The first-order valence-corrected chi connectivity index (χ1v) is 7.33. The zero-order chi connectivity index (χ0) is 12.5. The number of alkyl halides is 1. The van der Waals surface area contributed by atoms with Crippen molar-refractivity contribution in [3.63, 3.8) is 0 Å². The van der Waals surface area contributed by atoms with Gasteiger partial charge < -0.3 is 5.32 Å². The van der Waals surface area contributed by atoms with Gasteiger partial charge in [-0.25, -0.2) is 0 Å². The van der Waals surface area contributed by atoms with Crippen molar-refractivity contribution in [2.75, 3.05) is 5.33 Å². The van der Waals surface area contributed by atoms with Gasteiger partial charge in [0.05, 0.1) is 4.88 Å². The van der Waals surface area contributed by atoms with Crippen LogP contribution in [0.2, 0.25) is 0 Å². The molecule has 0 saturated heterocycles. The number of carbonyl (C=O) groups is 1. The highest BCUT2D eigenvalue weighted by Gasteiger charge is 2.20. The lowest BCUT2D eigenvalue weighted by Crippen LogP contribution is -2.44. The van der Waals surface area contributed by atoms with Crippen LogP contribution in [0.5, 0.6) is 0 Å². The molecule has 2 nitrogen and oxygen atoms in total. The van der Waals surface area contributed by atoms with E-state index in [-0.39, 0.29) is 11.4 Å². The Morgan fingerprint density at radius 3 is 2.76 bits per heavy atom. The summed E-state index contributed by atoms with van der Waals surface area (Å²) in [4.78, 5) is 12.8. The van der Waals surface area contributed by atoms with E-state index in [1.165, 1.54) is 11.3 Å². The molecule has 90 valence electrons.